The minimum atomic E-state index is -0.184. The minimum absolute atomic E-state index is 0. The first-order valence-electron chi connectivity index (χ1n) is 5.86. The quantitative estimate of drug-likeness (QED) is 0.359. The third-order valence-electron chi connectivity index (χ3n) is 2.96. The molecule has 3 aromatic rings. The fraction of sp³-hybridized carbons (Fsp3) is 0. The number of hydrogen-bond acceptors (Lipinski definition) is 4. The van der Waals surface area contributed by atoms with Crippen molar-refractivity contribution in [1.82, 2.24) is 0 Å². The predicted octanol–water partition coefficient (Wildman–Crippen LogP) is -2.79. The molecule has 22 heavy (non-hydrogen) atoms. The molecule has 0 saturated carbocycles. The molecule has 0 unspecified atom stereocenters. The second-order valence-corrected chi connectivity index (χ2v) is 4.38. The number of halogens is 2. The summed E-state index contributed by atoms with van der Waals surface area (Å²) in [5.74, 6) is -0.187. The van der Waals surface area contributed by atoms with Crippen molar-refractivity contribution in [3.05, 3.63) is 42.5 Å². The highest BCUT2D eigenvalue weighted by Crippen LogP contribution is 2.38. The first kappa shape index (κ1) is 17.7. The summed E-state index contributed by atoms with van der Waals surface area (Å²) in [6, 6.07) is 9.97. The highest BCUT2D eigenvalue weighted by molar-refractivity contribution is 5.88. The van der Waals surface area contributed by atoms with Gasteiger partial charge in [-0.25, -0.2) is 4.42 Å². The molecule has 0 spiro atoms. The van der Waals surface area contributed by atoms with Gasteiger partial charge in [0, 0.05) is 12.1 Å². The second kappa shape index (κ2) is 6.60. The van der Waals surface area contributed by atoms with Crippen molar-refractivity contribution in [2.75, 3.05) is 0 Å². The van der Waals surface area contributed by atoms with Crippen molar-refractivity contribution in [3.63, 3.8) is 0 Å². The molecule has 3 rings (SSSR count). The van der Waals surface area contributed by atoms with E-state index in [2.05, 4.69) is 0 Å². The lowest BCUT2D eigenvalue weighted by molar-refractivity contribution is -0.001000. The van der Waals surface area contributed by atoms with Crippen molar-refractivity contribution in [1.29, 1.82) is 0 Å². The molecule has 0 aliphatic carbocycles. The Hall–Kier alpha value is -2.37. The Labute approximate surface area is 137 Å². The van der Waals surface area contributed by atoms with Crippen molar-refractivity contribution in [3.8, 4) is 34.3 Å². The van der Waals surface area contributed by atoms with E-state index in [0.717, 1.165) is 6.07 Å². The summed E-state index contributed by atoms with van der Waals surface area (Å²) < 4.78 is 5.53. The SMILES string of the molecule is Oc1ccc(-c2[o+]c3cc(O)cc(O)c3cc2O)cc1.[Cl-].[Cl-]. The molecule has 0 atom stereocenters. The third-order valence-corrected chi connectivity index (χ3v) is 2.96. The Bertz CT molecular complexity index is 803. The molecule has 0 aliphatic heterocycles. The first-order chi connectivity index (χ1) is 9.54. The van der Waals surface area contributed by atoms with Crippen LogP contribution in [0.2, 0.25) is 0 Å². The summed E-state index contributed by atoms with van der Waals surface area (Å²) in [6.07, 6.45) is 0. The molecule has 7 heteroatoms. The van der Waals surface area contributed by atoms with Gasteiger partial charge in [0.25, 0.3) is 0 Å². The van der Waals surface area contributed by atoms with Gasteiger partial charge in [-0.1, -0.05) is 0 Å². The van der Waals surface area contributed by atoms with Crippen molar-refractivity contribution >= 4 is 11.0 Å². The maximum Gasteiger partial charge on any atom is 0.401 e. The summed E-state index contributed by atoms with van der Waals surface area (Å²) in [6.45, 7) is 0. The molecule has 2 aromatic carbocycles. The van der Waals surface area contributed by atoms with Crippen LogP contribution in [0.15, 0.2) is 46.9 Å². The fourth-order valence-corrected chi connectivity index (χ4v) is 2.01. The Kier molecular flexibility index (Phi) is 5.30. The number of phenols is 3. The van der Waals surface area contributed by atoms with E-state index in [0.29, 0.717) is 10.9 Å². The molecule has 0 fully saturated rings. The maximum absolute atomic E-state index is 10.00. The predicted molar refractivity (Wildman–Crippen MR) is 72.7 cm³/mol. The van der Waals surface area contributed by atoms with E-state index < -0.39 is 0 Å². The molecule has 1 aromatic heterocycles. The summed E-state index contributed by atoms with van der Waals surface area (Å²) in [5, 5.41) is 38.7. The number of rotatable bonds is 1. The molecule has 0 saturated heterocycles. The van der Waals surface area contributed by atoms with Crippen LogP contribution in [0.25, 0.3) is 22.3 Å². The molecule has 0 aliphatic rings. The first-order valence-corrected chi connectivity index (χ1v) is 5.86. The summed E-state index contributed by atoms with van der Waals surface area (Å²) >= 11 is 0. The van der Waals surface area contributed by atoms with Crippen LogP contribution in [0.1, 0.15) is 0 Å². The van der Waals surface area contributed by atoms with E-state index in [-0.39, 0.29) is 59.2 Å². The zero-order valence-corrected chi connectivity index (χ0v) is 12.5. The highest BCUT2D eigenvalue weighted by Gasteiger charge is 2.23. The van der Waals surface area contributed by atoms with E-state index in [4.69, 9.17) is 4.42 Å². The second-order valence-electron chi connectivity index (χ2n) is 4.38. The lowest BCUT2D eigenvalue weighted by Crippen LogP contribution is -3.00. The number of benzene rings is 2. The van der Waals surface area contributed by atoms with Crippen LogP contribution in [0.4, 0.5) is 0 Å². The molecular weight excluding hydrogens is 331 g/mol. The normalized spacial score (nSPS) is 9.82. The zero-order chi connectivity index (χ0) is 14.3. The fourth-order valence-electron chi connectivity index (χ4n) is 2.01. The van der Waals surface area contributed by atoms with Gasteiger partial charge in [-0.3, -0.25) is 0 Å². The topological polar surface area (TPSA) is 92.2 Å². The van der Waals surface area contributed by atoms with Gasteiger partial charge in [-0.15, -0.1) is 0 Å². The molecule has 4 N–H and O–H groups in total. The van der Waals surface area contributed by atoms with Crippen LogP contribution >= 0.6 is 0 Å². The van der Waals surface area contributed by atoms with Crippen LogP contribution in [-0.2, 0) is 0 Å². The van der Waals surface area contributed by atoms with Crippen molar-refractivity contribution in [2.45, 2.75) is 0 Å². The smallest absolute Gasteiger partial charge is 0.401 e. The molecular formula is C15H11Cl2O5-. The van der Waals surface area contributed by atoms with Crippen LogP contribution in [-0.4, -0.2) is 20.4 Å². The molecule has 0 amide bonds. The van der Waals surface area contributed by atoms with Crippen LogP contribution in [0.3, 0.4) is 0 Å². The van der Waals surface area contributed by atoms with Crippen molar-refractivity contribution < 1.29 is 49.7 Å². The molecule has 0 radical (unpaired) electrons. The van der Waals surface area contributed by atoms with E-state index in [1.54, 1.807) is 12.1 Å². The molecule has 116 valence electrons. The monoisotopic (exact) mass is 341 g/mol. The molecule has 1 heterocycles. The number of aromatic hydroxyl groups is 4. The lowest BCUT2D eigenvalue weighted by Gasteiger charge is -1.99. The van der Waals surface area contributed by atoms with Gasteiger partial charge in [-0.05, 0) is 24.3 Å². The minimum Gasteiger partial charge on any atom is -1.00 e. The van der Waals surface area contributed by atoms with E-state index in [1.165, 1.54) is 24.3 Å². The summed E-state index contributed by atoms with van der Waals surface area (Å²) in [4.78, 5) is 0. The van der Waals surface area contributed by atoms with Gasteiger partial charge in [0.05, 0.1) is 11.6 Å². The molecule has 5 nitrogen and oxygen atoms in total. The summed E-state index contributed by atoms with van der Waals surface area (Å²) in [5.41, 5.74) is 0.799. The largest absolute Gasteiger partial charge is 1.00 e. The number of hydrogen-bond donors (Lipinski definition) is 4. The average molecular weight is 342 g/mol. The zero-order valence-electron chi connectivity index (χ0n) is 11.0. The number of fused-ring (bicyclic) bond motifs is 1. The van der Waals surface area contributed by atoms with Gasteiger partial charge < -0.3 is 45.2 Å². The third kappa shape index (κ3) is 3.10. The van der Waals surface area contributed by atoms with E-state index in [1.807, 2.05) is 0 Å². The van der Waals surface area contributed by atoms with Gasteiger partial charge in [0.2, 0.25) is 5.75 Å². The van der Waals surface area contributed by atoms with Crippen LogP contribution in [0, 0.1) is 0 Å². The Morgan fingerprint density at radius 1 is 0.682 bits per heavy atom. The number of phenolic OH excluding ortho intramolecular Hbond substituents is 3. The van der Waals surface area contributed by atoms with Crippen LogP contribution in [0.5, 0.6) is 23.0 Å². The summed E-state index contributed by atoms with van der Waals surface area (Å²) in [7, 11) is 0. The Morgan fingerprint density at radius 2 is 1.32 bits per heavy atom. The molecule has 0 bridgehead atoms. The van der Waals surface area contributed by atoms with E-state index >= 15 is 0 Å². The lowest BCUT2D eigenvalue weighted by atomic mass is 10.1. The standard InChI is InChI=1S/C15H10O5.2ClH/c16-9-3-1-8(2-4-9)15-13(19)7-11-12(18)5-10(17)6-14(11)20-15;;/h1-7H,(H3-,16,17,18,19);2*1H/p-1. The highest BCUT2D eigenvalue weighted by atomic mass is 35.5. The van der Waals surface area contributed by atoms with Gasteiger partial charge >= 0.3 is 11.3 Å². The van der Waals surface area contributed by atoms with Gasteiger partial charge in [-0.2, -0.15) is 0 Å². The van der Waals surface area contributed by atoms with Crippen molar-refractivity contribution in [2.24, 2.45) is 0 Å². The van der Waals surface area contributed by atoms with Gasteiger partial charge in [0.15, 0.2) is 0 Å². The van der Waals surface area contributed by atoms with E-state index in [9.17, 15) is 20.4 Å². The maximum atomic E-state index is 10.00. The van der Waals surface area contributed by atoms with Gasteiger partial charge in [0.1, 0.15) is 22.6 Å². The van der Waals surface area contributed by atoms with Crippen LogP contribution < -0.4 is 24.8 Å². The Morgan fingerprint density at radius 3 is 1.95 bits per heavy atom. The average Bonchev–Trinajstić information content (AvgIpc) is 2.40. The Balaban J connectivity index is 0.00000121.